The number of hydrogen-bond acceptors (Lipinski definition) is 4. The first-order valence-electron chi connectivity index (χ1n) is 6.55. The molecule has 0 aliphatic rings. The summed E-state index contributed by atoms with van der Waals surface area (Å²) in [5.74, 6) is 1.44. The Morgan fingerprint density at radius 1 is 1.00 bits per heavy atom. The van der Waals surface area contributed by atoms with Gasteiger partial charge in [0.2, 0.25) is 5.28 Å². The molecule has 1 aromatic heterocycles. The van der Waals surface area contributed by atoms with E-state index in [-0.39, 0.29) is 5.28 Å². The first kappa shape index (κ1) is 14.6. The first-order valence-corrected chi connectivity index (χ1v) is 6.93. The lowest BCUT2D eigenvalue weighted by atomic mass is 10.1. The maximum absolute atomic E-state index is 5.90. The Morgan fingerprint density at radius 2 is 1.70 bits per heavy atom. The van der Waals surface area contributed by atoms with Gasteiger partial charge in [0.15, 0.2) is 11.5 Å². The average molecular weight is 293 g/mol. The van der Waals surface area contributed by atoms with Crippen molar-refractivity contribution in [2.75, 3.05) is 13.2 Å². The van der Waals surface area contributed by atoms with Crippen LogP contribution in [0.3, 0.4) is 0 Å². The fourth-order valence-electron chi connectivity index (χ4n) is 1.89. The zero-order valence-electron chi connectivity index (χ0n) is 11.8. The lowest BCUT2D eigenvalue weighted by Crippen LogP contribution is -1.99. The van der Waals surface area contributed by atoms with E-state index in [0.717, 1.165) is 22.7 Å². The molecule has 0 atom stereocenters. The third-order valence-corrected chi connectivity index (χ3v) is 2.84. The molecule has 2 rings (SSSR count). The van der Waals surface area contributed by atoms with Crippen molar-refractivity contribution >= 4 is 11.6 Å². The van der Waals surface area contributed by atoms with Crippen LogP contribution in [-0.2, 0) is 0 Å². The highest BCUT2D eigenvalue weighted by Crippen LogP contribution is 2.32. The molecule has 4 nitrogen and oxygen atoms in total. The second kappa shape index (κ2) is 6.57. The molecule has 0 saturated heterocycles. The maximum atomic E-state index is 5.90. The van der Waals surface area contributed by atoms with E-state index < -0.39 is 0 Å². The molecule has 0 spiro atoms. The van der Waals surface area contributed by atoms with Crippen molar-refractivity contribution < 1.29 is 9.47 Å². The minimum absolute atomic E-state index is 0.242. The minimum atomic E-state index is 0.242. The third kappa shape index (κ3) is 3.39. The molecular weight excluding hydrogens is 276 g/mol. The standard InChI is InChI=1S/C15H17ClN2O2/c1-4-19-13-7-6-11(9-14(13)20-5-2)12-8-10(3)17-15(16)18-12/h6-9H,4-5H2,1-3H3. The molecule has 0 saturated carbocycles. The second-order valence-electron chi connectivity index (χ2n) is 4.19. The quantitative estimate of drug-likeness (QED) is 0.784. The zero-order chi connectivity index (χ0) is 14.5. The predicted octanol–water partition coefficient (Wildman–Crippen LogP) is 3.90. The van der Waals surface area contributed by atoms with E-state index in [1.54, 1.807) is 0 Å². The van der Waals surface area contributed by atoms with Crippen LogP contribution in [0.25, 0.3) is 11.3 Å². The van der Waals surface area contributed by atoms with E-state index in [2.05, 4.69) is 9.97 Å². The van der Waals surface area contributed by atoms with Crippen LogP contribution in [-0.4, -0.2) is 23.2 Å². The zero-order valence-corrected chi connectivity index (χ0v) is 12.6. The third-order valence-electron chi connectivity index (χ3n) is 2.67. The van der Waals surface area contributed by atoms with E-state index in [1.807, 2.05) is 45.0 Å². The fourth-order valence-corrected chi connectivity index (χ4v) is 2.12. The van der Waals surface area contributed by atoms with Gasteiger partial charge >= 0.3 is 0 Å². The molecule has 20 heavy (non-hydrogen) atoms. The summed E-state index contributed by atoms with van der Waals surface area (Å²) >= 11 is 5.90. The summed E-state index contributed by atoms with van der Waals surface area (Å²) in [7, 11) is 0. The normalized spacial score (nSPS) is 10.4. The van der Waals surface area contributed by atoms with Crippen molar-refractivity contribution in [2.45, 2.75) is 20.8 Å². The Balaban J connectivity index is 2.43. The summed E-state index contributed by atoms with van der Waals surface area (Å²) in [6, 6.07) is 7.62. The molecule has 1 heterocycles. The Bertz CT molecular complexity index is 582. The summed E-state index contributed by atoms with van der Waals surface area (Å²) in [5.41, 5.74) is 2.52. The molecule has 0 amide bonds. The Hall–Kier alpha value is -1.81. The van der Waals surface area contributed by atoms with E-state index in [9.17, 15) is 0 Å². The van der Waals surface area contributed by atoms with Gasteiger partial charge in [-0.1, -0.05) is 0 Å². The van der Waals surface area contributed by atoms with Gasteiger partial charge in [-0.15, -0.1) is 0 Å². The first-order chi connectivity index (χ1) is 9.63. The van der Waals surface area contributed by atoms with Gasteiger partial charge in [-0.25, -0.2) is 9.97 Å². The van der Waals surface area contributed by atoms with E-state index >= 15 is 0 Å². The lowest BCUT2D eigenvalue weighted by molar-refractivity contribution is 0.288. The smallest absolute Gasteiger partial charge is 0.223 e. The van der Waals surface area contributed by atoms with E-state index in [4.69, 9.17) is 21.1 Å². The van der Waals surface area contributed by atoms with Gasteiger partial charge in [-0.05, 0) is 56.6 Å². The summed E-state index contributed by atoms with van der Waals surface area (Å²) < 4.78 is 11.2. The number of hydrogen-bond donors (Lipinski definition) is 0. The molecule has 0 aliphatic carbocycles. The highest BCUT2D eigenvalue weighted by Gasteiger charge is 2.09. The van der Waals surface area contributed by atoms with Gasteiger partial charge in [-0.3, -0.25) is 0 Å². The van der Waals surface area contributed by atoms with Crippen LogP contribution in [0.4, 0.5) is 0 Å². The molecule has 0 unspecified atom stereocenters. The van der Waals surface area contributed by atoms with Crippen LogP contribution < -0.4 is 9.47 Å². The molecular formula is C15H17ClN2O2. The Labute approximate surface area is 123 Å². The SMILES string of the molecule is CCOc1ccc(-c2cc(C)nc(Cl)n2)cc1OCC. The molecule has 0 fully saturated rings. The van der Waals surface area contributed by atoms with Crippen molar-refractivity contribution in [3.63, 3.8) is 0 Å². The van der Waals surface area contributed by atoms with Gasteiger partial charge in [0.1, 0.15) is 0 Å². The molecule has 2 aromatic rings. The summed E-state index contributed by atoms with van der Waals surface area (Å²) in [6.45, 7) is 6.94. The van der Waals surface area contributed by atoms with Crippen LogP contribution in [0.1, 0.15) is 19.5 Å². The van der Waals surface area contributed by atoms with Crippen molar-refractivity contribution in [1.29, 1.82) is 0 Å². The molecule has 5 heteroatoms. The van der Waals surface area contributed by atoms with Crippen molar-refractivity contribution in [3.05, 3.63) is 35.2 Å². The van der Waals surface area contributed by atoms with Gasteiger partial charge < -0.3 is 9.47 Å². The molecule has 0 N–H and O–H groups in total. The van der Waals surface area contributed by atoms with Crippen molar-refractivity contribution in [2.24, 2.45) is 0 Å². The molecule has 0 aliphatic heterocycles. The molecule has 0 radical (unpaired) electrons. The highest BCUT2D eigenvalue weighted by atomic mass is 35.5. The monoisotopic (exact) mass is 292 g/mol. The lowest BCUT2D eigenvalue weighted by Gasteiger charge is -2.12. The molecule has 106 valence electrons. The van der Waals surface area contributed by atoms with Gasteiger partial charge in [0.25, 0.3) is 0 Å². The number of ether oxygens (including phenoxy) is 2. The van der Waals surface area contributed by atoms with Crippen LogP contribution in [0.5, 0.6) is 11.5 Å². The van der Waals surface area contributed by atoms with Gasteiger partial charge in [0.05, 0.1) is 18.9 Å². The Morgan fingerprint density at radius 3 is 2.35 bits per heavy atom. The summed E-state index contributed by atoms with van der Waals surface area (Å²) in [4.78, 5) is 8.30. The van der Waals surface area contributed by atoms with Crippen molar-refractivity contribution in [3.8, 4) is 22.8 Å². The van der Waals surface area contributed by atoms with Crippen LogP contribution in [0, 0.1) is 6.92 Å². The highest BCUT2D eigenvalue weighted by molar-refractivity contribution is 6.28. The predicted molar refractivity (Wildman–Crippen MR) is 79.6 cm³/mol. The molecule has 0 bridgehead atoms. The van der Waals surface area contributed by atoms with E-state index in [1.165, 1.54) is 0 Å². The minimum Gasteiger partial charge on any atom is -0.490 e. The number of aryl methyl sites for hydroxylation is 1. The Kier molecular flexibility index (Phi) is 4.79. The summed E-state index contributed by atoms with van der Waals surface area (Å²) in [6.07, 6.45) is 0. The largest absolute Gasteiger partial charge is 0.490 e. The van der Waals surface area contributed by atoms with Crippen molar-refractivity contribution in [1.82, 2.24) is 9.97 Å². The van der Waals surface area contributed by atoms with Crippen LogP contribution in [0.2, 0.25) is 5.28 Å². The number of nitrogens with zero attached hydrogens (tertiary/aromatic N) is 2. The van der Waals surface area contributed by atoms with Crippen LogP contribution in [0.15, 0.2) is 24.3 Å². The topological polar surface area (TPSA) is 44.2 Å². The average Bonchev–Trinajstić information content (AvgIpc) is 2.40. The van der Waals surface area contributed by atoms with Gasteiger partial charge in [0, 0.05) is 11.3 Å². The van der Waals surface area contributed by atoms with E-state index in [0.29, 0.717) is 19.0 Å². The van der Waals surface area contributed by atoms with Gasteiger partial charge in [-0.2, -0.15) is 0 Å². The molecule has 1 aromatic carbocycles. The number of aromatic nitrogens is 2. The maximum Gasteiger partial charge on any atom is 0.223 e. The summed E-state index contributed by atoms with van der Waals surface area (Å²) in [5, 5.41) is 0.242. The second-order valence-corrected chi connectivity index (χ2v) is 4.53. The number of benzene rings is 1. The fraction of sp³-hybridized carbons (Fsp3) is 0.333. The van der Waals surface area contributed by atoms with Crippen LogP contribution >= 0.6 is 11.6 Å². The number of rotatable bonds is 5. The number of halogens is 1.